The summed E-state index contributed by atoms with van der Waals surface area (Å²) >= 11 is 0. The van der Waals surface area contributed by atoms with Crippen molar-refractivity contribution in [1.82, 2.24) is 0 Å². The Morgan fingerprint density at radius 1 is 1.28 bits per heavy atom. The normalized spacial score (nSPS) is 27.8. The number of hydrogen-bond donors (Lipinski definition) is 2. The zero-order valence-electron chi connectivity index (χ0n) is 16.7. The second-order valence-corrected chi connectivity index (χ2v) is 5.93. The van der Waals surface area contributed by atoms with E-state index in [4.69, 9.17) is 14.6 Å². The number of rotatable bonds is 5. The maximum atomic E-state index is 9.25. The molecule has 0 aromatic heterocycles. The maximum absolute atomic E-state index is 9.25. The van der Waals surface area contributed by atoms with Crippen LogP contribution in [0, 0.1) is 17.3 Å². The Kier molecular flexibility index (Phi) is 12.3. The van der Waals surface area contributed by atoms with Crippen molar-refractivity contribution >= 4 is 0 Å². The molecule has 0 spiro atoms. The molecule has 0 amide bonds. The van der Waals surface area contributed by atoms with Gasteiger partial charge < -0.3 is 19.7 Å². The fourth-order valence-corrected chi connectivity index (χ4v) is 2.26. The van der Waals surface area contributed by atoms with E-state index in [1.807, 2.05) is 40.7 Å². The molecule has 0 heterocycles. The number of aliphatic hydroxyl groups excluding tert-OH is 2. The Morgan fingerprint density at radius 3 is 2.40 bits per heavy atom. The van der Waals surface area contributed by atoms with Crippen molar-refractivity contribution in [3.8, 4) is 11.8 Å². The SMILES string of the molecule is CC.CC.CC(C#CC1(C)C=CC(OC2CC(O)C2)=CC1)OCCO. The third-order valence-corrected chi connectivity index (χ3v) is 3.74. The summed E-state index contributed by atoms with van der Waals surface area (Å²) in [5.41, 5.74) is -0.206. The summed E-state index contributed by atoms with van der Waals surface area (Å²) in [6.45, 7) is 12.3. The molecule has 2 aliphatic carbocycles. The number of ether oxygens (including phenoxy) is 2. The van der Waals surface area contributed by atoms with E-state index in [2.05, 4.69) is 30.9 Å². The van der Waals surface area contributed by atoms with Gasteiger partial charge >= 0.3 is 0 Å². The minimum atomic E-state index is -0.206. The van der Waals surface area contributed by atoms with Gasteiger partial charge in [-0.3, -0.25) is 0 Å². The minimum Gasteiger partial charge on any atom is -0.491 e. The van der Waals surface area contributed by atoms with E-state index < -0.39 is 0 Å². The van der Waals surface area contributed by atoms with E-state index in [-0.39, 0.29) is 30.3 Å². The molecule has 2 unspecified atom stereocenters. The molecule has 2 atom stereocenters. The highest BCUT2D eigenvalue weighted by Gasteiger charge is 2.30. The number of hydrogen-bond acceptors (Lipinski definition) is 4. The predicted molar refractivity (Wildman–Crippen MR) is 103 cm³/mol. The minimum absolute atomic E-state index is 0.0164. The molecule has 1 saturated carbocycles. The molecular weight excluding hydrogens is 316 g/mol. The van der Waals surface area contributed by atoms with Gasteiger partial charge in [-0.05, 0) is 32.4 Å². The largest absolute Gasteiger partial charge is 0.491 e. The Balaban J connectivity index is 0.00000134. The van der Waals surface area contributed by atoms with Gasteiger partial charge in [-0.25, -0.2) is 0 Å². The third kappa shape index (κ3) is 9.11. The van der Waals surface area contributed by atoms with E-state index in [9.17, 15) is 5.11 Å². The smallest absolute Gasteiger partial charge is 0.115 e. The fraction of sp³-hybridized carbons (Fsp3) is 0.714. The van der Waals surface area contributed by atoms with Gasteiger partial charge in [-0.1, -0.05) is 45.6 Å². The standard InChI is InChI=1S/C17H24O4.2C2H6/c1-13(20-10-9-18)3-6-17(2)7-4-15(5-8-17)21-16-11-14(19)12-16;2*1-2/h4-5,7,13-14,16,18-19H,8-12H2,1-2H3;2*1-2H3. The molecule has 1 fully saturated rings. The first-order chi connectivity index (χ1) is 12.0. The number of aliphatic hydroxyl groups is 2. The average molecular weight is 353 g/mol. The average Bonchev–Trinajstić information content (AvgIpc) is 2.62. The van der Waals surface area contributed by atoms with E-state index in [1.54, 1.807) is 0 Å². The van der Waals surface area contributed by atoms with Crippen LogP contribution in [0.3, 0.4) is 0 Å². The lowest BCUT2D eigenvalue weighted by atomic mass is 9.84. The monoisotopic (exact) mass is 352 g/mol. The van der Waals surface area contributed by atoms with Crippen LogP contribution < -0.4 is 0 Å². The number of allylic oxidation sites excluding steroid dienone is 3. The quantitative estimate of drug-likeness (QED) is 0.738. The van der Waals surface area contributed by atoms with Gasteiger partial charge in [-0.15, -0.1) is 0 Å². The van der Waals surface area contributed by atoms with Crippen LogP contribution in [-0.2, 0) is 9.47 Å². The molecule has 0 aromatic rings. The van der Waals surface area contributed by atoms with E-state index in [0.29, 0.717) is 6.61 Å². The van der Waals surface area contributed by atoms with E-state index >= 15 is 0 Å². The lowest BCUT2D eigenvalue weighted by Gasteiger charge is -2.33. The topological polar surface area (TPSA) is 58.9 Å². The molecule has 0 saturated heterocycles. The Bertz CT molecular complexity index is 466. The molecule has 25 heavy (non-hydrogen) atoms. The summed E-state index contributed by atoms with van der Waals surface area (Å²) in [7, 11) is 0. The van der Waals surface area contributed by atoms with Crippen molar-refractivity contribution < 1.29 is 19.7 Å². The molecule has 4 nitrogen and oxygen atoms in total. The highest BCUT2D eigenvalue weighted by Crippen LogP contribution is 2.32. The third-order valence-electron chi connectivity index (χ3n) is 3.74. The second-order valence-electron chi connectivity index (χ2n) is 5.93. The van der Waals surface area contributed by atoms with Crippen LogP contribution >= 0.6 is 0 Å². The van der Waals surface area contributed by atoms with Crippen LogP contribution in [0.4, 0.5) is 0 Å². The summed E-state index contributed by atoms with van der Waals surface area (Å²) in [4.78, 5) is 0. The first kappa shape index (κ1) is 23.7. The van der Waals surface area contributed by atoms with Crippen LogP contribution in [0.5, 0.6) is 0 Å². The lowest BCUT2D eigenvalue weighted by molar-refractivity contribution is -0.0407. The lowest BCUT2D eigenvalue weighted by Crippen LogP contribution is -2.35. The molecule has 0 aliphatic heterocycles. The fourth-order valence-electron chi connectivity index (χ4n) is 2.26. The van der Waals surface area contributed by atoms with Crippen LogP contribution in [0.15, 0.2) is 24.0 Å². The summed E-state index contributed by atoms with van der Waals surface area (Å²) in [5.74, 6) is 7.18. The Morgan fingerprint density at radius 2 is 1.92 bits per heavy atom. The summed E-state index contributed by atoms with van der Waals surface area (Å²) < 4.78 is 11.1. The molecule has 2 N–H and O–H groups in total. The molecule has 4 heteroatoms. The summed E-state index contributed by atoms with van der Waals surface area (Å²) in [6, 6.07) is 0. The van der Waals surface area contributed by atoms with E-state index in [0.717, 1.165) is 25.0 Å². The maximum Gasteiger partial charge on any atom is 0.115 e. The van der Waals surface area contributed by atoms with Crippen molar-refractivity contribution in [3.05, 3.63) is 24.0 Å². The Labute approximate surface area is 153 Å². The molecule has 2 rings (SSSR count). The van der Waals surface area contributed by atoms with Crippen LogP contribution in [-0.4, -0.2) is 41.7 Å². The van der Waals surface area contributed by atoms with Crippen LogP contribution in [0.25, 0.3) is 0 Å². The van der Waals surface area contributed by atoms with Crippen molar-refractivity contribution in [2.45, 2.75) is 79.1 Å². The van der Waals surface area contributed by atoms with E-state index in [1.165, 1.54) is 0 Å². The Hall–Kier alpha value is -1.28. The van der Waals surface area contributed by atoms with Gasteiger partial charge in [0, 0.05) is 12.8 Å². The molecule has 0 bridgehead atoms. The first-order valence-electron chi connectivity index (χ1n) is 9.50. The second kappa shape index (κ2) is 13.0. The van der Waals surface area contributed by atoms with Gasteiger partial charge in [-0.2, -0.15) is 0 Å². The highest BCUT2D eigenvalue weighted by molar-refractivity contribution is 5.30. The van der Waals surface area contributed by atoms with Crippen molar-refractivity contribution in [3.63, 3.8) is 0 Å². The van der Waals surface area contributed by atoms with Gasteiger partial charge in [0.25, 0.3) is 0 Å². The van der Waals surface area contributed by atoms with Gasteiger partial charge in [0.15, 0.2) is 0 Å². The van der Waals surface area contributed by atoms with Gasteiger partial charge in [0.2, 0.25) is 0 Å². The molecular formula is C21H36O4. The molecule has 0 aromatic carbocycles. The van der Waals surface area contributed by atoms with Crippen LogP contribution in [0.2, 0.25) is 0 Å². The van der Waals surface area contributed by atoms with Crippen LogP contribution in [0.1, 0.15) is 60.8 Å². The zero-order valence-corrected chi connectivity index (χ0v) is 16.7. The van der Waals surface area contributed by atoms with Crippen molar-refractivity contribution in [2.75, 3.05) is 13.2 Å². The highest BCUT2D eigenvalue weighted by atomic mass is 16.5. The summed E-state index contributed by atoms with van der Waals surface area (Å²) in [5, 5.41) is 18.0. The summed E-state index contributed by atoms with van der Waals surface area (Å²) in [6.07, 6.45) is 8.10. The predicted octanol–water partition coefficient (Wildman–Crippen LogP) is 3.83. The molecule has 144 valence electrons. The van der Waals surface area contributed by atoms with Crippen molar-refractivity contribution in [1.29, 1.82) is 0 Å². The van der Waals surface area contributed by atoms with Gasteiger partial charge in [0.05, 0.1) is 24.7 Å². The van der Waals surface area contributed by atoms with Crippen molar-refractivity contribution in [2.24, 2.45) is 5.41 Å². The molecule has 2 aliphatic rings. The molecule has 0 radical (unpaired) electrons. The zero-order chi connectivity index (χ0) is 19.3. The van der Waals surface area contributed by atoms with Gasteiger partial charge in [0.1, 0.15) is 18.0 Å². The first-order valence-corrected chi connectivity index (χ1v) is 9.50.